The molecule has 0 spiro atoms. The van der Waals surface area contributed by atoms with E-state index in [1.165, 1.54) is 0 Å². The molecule has 6 heteroatoms. The smallest absolute Gasteiger partial charge is 0.208 e. The van der Waals surface area contributed by atoms with Crippen molar-refractivity contribution < 1.29 is 13.2 Å². The van der Waals surface area contributed by atoms with Crippen LogP contribution in [0.15, 0.2) is 216 Å². The minimum Gasteiger partial charge on any atom is -0.311 e. The number of ketones is 1. The minimum absolute atomic E-state index is 0.0237. The fraction of sp³-hybridized carbons (Fsp3) is 0. The predicted molar refractivity (Wildman–Crippen MR) is 222 cm³/mol. The highest BCUT2D eigenvalue weighted by Crippen LogP contribution is 2.41. The molecule has 8 aromatic rings. The molecule has 8 aromatic carbocycles. The van der Waals surface area contributed by atoms with Crippen LogP contribution in [0.3, 0.4) is 0 Å². The Balaban J connectivity index is 1.03. The molecule has 0 aliphatic carbocycles. The van der Waals surface area contributed by atoms with Crippen LogP contribution < -0.4 is 9.80 Å². The first-order valence-electron chi connectivity index (χ1n) is 18.0. The third-order valence-corrected chi connectivity index (χ3v) is 11.8. The molecule has 0 saturated heterocycles. The monoisotopic (exact) mass is 730 g/mol. The third kappa shape index (κ3) is 6.28. The summed E-state index contributed by atoms with van der Waals surface area (Å²) in [5.41, 5.74) is 9.50. The molecular formula is C49H34N2O3S. The zero-order chi connectivity index (χ0) is 37.4. The van der Waals surface area contributed by atoms with Crippen molar-refractivity contribution in [2.24, 2.45) is 0 Å². The number of para-hydroxylation sites is 4. The van der Waals surface area contributed by atoms with Crippen LogP contribution in [-0.4, -0.2) is 14.2 Å². The van der Waals surface area contributed by atoms with Crippen LogP contribution in [0, 0.1) is 0 Å². The number of fused-ring (bicyclic) bond motifs is 2. The SMILES string of the molecule is O=C1c2ccc(-c3ccc(N(c4ccccc4)c4ccccc4)cc3)cc2S(=O)(=O)c2cc(-c3ccc(N(c4ccccc4)c4ccccc4)cc3)ccc21. The summed E-state index contributed by atoms with van der Waals surface area (Å²) >= 11 is 0. The first-order valence-corrected chi connectivity index (χ1v) is 19.5. The van der Waals surface area contributed by atoms with Gasteiger partial charge >= 0.3 is 0 Å². The van der Waals surface area contributed by atoms with Crippen LogP contribution in [0.1, 0.15) is 15.9 Å². The first kappa shape index (κ1) is 33.8. The van der Waals surface area contributed by atoms with Crippen molar-refractivity contribution in [3.05, 3.63) is 217 Å². The quantitative estimate of drug-likeness (QED) is 0.156. The number of hydrogen-bond acceptors (Lipinski definition) is 5. The second kappa shape index (κ2) is 14.1. The zero-order valence-electron chi connectivity index (χ0n) is 29.7. The van der Waals surface area contributed by atoms with E-state index in [2.05, 4.69) is 58.3 Å². The number of anilines is 6. The maximum Gasteiger partial charge on any atom is 0.208 e. The zero-order valence-corrected chi connectivity index (χ0v) is 30.5. The Labute approximate surface area is 320 Å². The van der Waals surface area contributed by atoms with E-state index in [0.29, 0.717) is 11.1 Å². The van der Waals surface area contributed by atoms with E-state index in [9.17, 15) is 13.2 Å². The van der Waals surface area contributed by atoms with Gasteiger partial charge in [0.1, 0.15) is 0 Å². The maximum atomic E-state index is 14.4. The van der Waals surface area contributed by atoms with Crippen LogP contribution in [0.25, 0.3) is 22.3 Å². The molecule has 0 aromatic heterocycles. The molecule has 0 N–H and O–H groups in total. The number of benzene rings is 8. The highest BCUT2D eigenvalue weighted by Gasteiger charge is 2.35. The van der Waals surface area contributed by atoms with Crippen LogP contribution in [0.4, 0.5) is 34.1 Å². The summed E-state index contributed by atoms with van der Waals surface area (Å²) in [6, 6.07) is 66.8. The standard InChI is InChI=1S/C49H34N2O3S/c52-49-45-31-25-37(35-21-27-43(28-22-35)50(39-13-5-1-6-14-39)40-15-7-2-8-16-40)33-47(45)55(53,54)48-34-38(26-32-46(48)49)36-23-29-44(30-24-36)51(41-17-9-3-10-18-41)42-19-11-4-12-20-42/h1-34H. The van der Waals surface area contributed by atoms with Gasteiger partial charge in [-0.05, 0) is 119 Å². The van der Waals surface area contributed by atoms with Gasteiger partial charge in [0.15, 0.2) is 5.78 Å². The number of carbonyl (C=O) groups is 1. The lowest BCUT2D eigenvalue weighted by molar-refractivity contribution is 0.103. The molecule has 0 bridgehead atoms. The van der Waals surface area contributed by atoms with Gasteiger partial charge in [0.05, 0.1) is 9.79 Å². The Kier molecular flexibility index (Phi) is 8.65. The molecule has 0 unspecified atom stereocenters. The molecule has 0 amide bonds. The Morgan fingerprint density at radius 2 is 0.582 bits per heavy atom. The Hall–Kier alpha value is -7.02. The van der Waals surface area contributed by atoms with Crippen LogP contribution in [0.5, 0.6) is 0 Å². The van der Waals surface area contributed by atoms with Gasteiger partial charge in [-0.2, -0.15) is 0 Å². The molecule has 0 fully saturated rings. The van der Waals surface area contributed by atoms with Gasteiger partial charge < -0.3 is 9.80 Å². The summed E-state index contributed by atoms with van der Waals surface area (Å²) in [6.07, 6.45) is 0. The average Bonchev–Trinajstić information content (AvgIpc) is 3.25. The van der Waals surface area contributed by atoms with E-state index in [-0.39, 0.29) is 26.7 Å². The minimum atomic E-state index is -4.02. The Bertz CT molecular complexity index is 2490. The summed E-state index contributed by atoms with van der Waals surface area (Å²) in [5.74, 6) is -0.300. The number of carbonyl (C=O) groups excluding carboxylic acids is 1. The van der Waals surface area contributed by atoms with E-state index in [1.807, 2.05) is 133 Å². The lowest BCUT2D eigenvalue weighted by atomic mass is 9.96. The average molecular weight is 731 g/mol. The molecule has 9 rings (SSSR count). The van der Waals surface area contributed by atoms with E-state index < -0.39 is 9.84 Å². The van der Waals surface area contributed by atoms with Crippen LogP contribution in [-0.2, 0) is 9.84 Å². The Morgan fingerprint density at radius 1 is 0.309 bits per heavy atom. The topological polar surface area (TPSA) is 57.7 Å². The van der Waals surface area contributed by atoms with E-state index in [1.54, 1.807) is 24.3 Å². The lowest BCUT2D eigenvalue weighted by Crippen LogP contribution is -2.20. The van der Waals surface area contributed by atoms with Crippen molar-refractivity contribution in [1.29, 1.82) is 0 Å². The maximum absolute atomic E-state index is 14.4. The Morgan fingerprint density at radius 3 is 0.891 bits per heavy atom. The molecular weight excluding hydrogens is 697 g/mol. The molecule has 5 nitrogen and oxygen atoms in total. The van der Waals surface area contributed by atoms with Gasteiger partial charge in [0, 0.05) is 45.3 Å². The fourth-order valence-electron chi connectivity index (χ4n) is 7.30. The van der Waals surface area contributed by atoms with Gasteiger partial charge in [-0.15, -0.1) is 0 Å². The lowest BCUT2D eigenvalue weighted by Gasteiger charge is -2.25. The normalized spacial score (nSPS) is 12.7. The molecule has 1 aliphatic rings. The highest BCUT2D eigenvalue weighted by molar-refractivity contribution is 7.91. The van der Waals surface area contributed by atoms with Crippen molar-refractivity contribution in [3.8, 4) is 22.3 Å². The van der Waals surface area contributed by atoms with Gasteiger partial charge in [-0.3, -0.25) is 4.79 Å². The first-order chi connectivity index (χ1) is 27.0. The van der Waals surface area contributed by atoms with Gasteiger partial charge in [0.25, 0.3) is 0 Å². The molecule has 264 valence electrons. The number of rotatable bonds is 8. The summed E-state index contributed by atoms with van der Waals surface area (Å²) < 4.78 is 28.7. The highest BCUT2D eigenvalue weighted by atomic mass is 32.2. The van der Waals surface area contributed by atoms with Crippen molar-refractivity contribution in [1.82, 2.24) is 0 Å². The molecule has 55 heavy (non-hydrogen) atoms. The predicted octanol–water partition coefficient (Wildman–Crippen LogP) is 12.3. The molecule has 0 atom stereocenters. The van der Waals surface area contributed by atoms with Crippen LogP contribution >= 0.6 is 0 Å². The molecule has 1 heterocycles. The van der Waals surface area contributed by atoms with E-state index >= 15 is 0 Å². The van der Waals surface area contributed by atoms with E-state index in [0.717, 1.165) is 45.3 Å². The second-order valence-corrected chi connectivity index (χ2v) is 15.2. The summed E-state index contributed by atoms with van der Waals surface area (Å²) in [4.78, 5) is 18.2. The summed E-state index contributed by atoms with van der Waals surface area (Å²) in [7, 11) is -4.02. The fourth-order valence-corrected chi connectivity index (χ4v) is 9.00. The van der Waals surface area contributed by atoms with E-state index in [4.69, 9.17) is 0 Å². The van der Waals surface area contributed by atoms with Crippen molar-refractivity contribution in [3.63, 3.8) is 0 Å². The molecule has 0 radical (unpaired) electrons. The summed E-state index contributed by atoms with van der Waals surface area (Å²) in [5, 5.41) is 0. The number of sulfone groups is 1. The van der Waals surface area contributed by atoms with Gasteiger partial charge in [-0.25, -0.2) is 8.42 Å². The second-order valence-electron chi connectivity index (χ2n) is 13.4. The van der Waals surface area contributed by atoms with Crippen molar-refractivity contribution in [2.75, 3.05) is 9.80 Å². The van der Waals surface area contributed by atoms with Crippen molar-refractivity contribution in [2.45, 2.75) is 9.79 Å². The molecule has 1 aliphatic heterocycles. The third-order valence-electron chi connectivity index (χ3n) is 10.0. The van der Waals surface area contributed by atoms with Crippen LogP contribution in [0.2, 0.25) is 0 Å². The largest absolute Gasteiger partial charge is 0.311 e. The molecule has 0 saturated carbocycles. The van der Waals surface area contributed by atoms with Gasteiger partial charge in [0.2, 0.25) is 9.84 Å². The van der Waals surface area contributed by atoms with Gasteiger partial charge in [-0.1, -0.05) is 109 Å². The number of hydrogen-bond donors (Lipinski definition) is 0. The van der Waals surface area contributed by atoms with Crippen molar-refractivity contribution >= 4 is 49.7 Å². The summed E-state index contributed by atoms with van der Waals surface area (Å²) in [6.45, 7) is 0. The number of nitrogens with zero attached hydrogens (tertiary/aromatic N) is 2.